The fourth-order valence-electron chi connectivity index (χ4n) is 1.36. The van der Waals surface area contributed by atoms with Crippen molar-refractivity contribution in [3.63, 3.8) is 0 Å². The third kappa shape index (κ3) is 2.63. The van der Waals surface area contributed by atoms with Crippen LogP contribution in [-0.4, -0.2) is 27.3 Å². The summed E-state index contributed by atoms with van der Waals surface area (Å²) >= 11 is 0. The lowest BCUT2D eigenvalue weighted by molar-refractivity contribution is 0.103. The van der Waals surface area contributed by atoms with Crippen LogP contribution in [0.2, 0.25) is 0 Å². The van der Waals surface area contributed by atoms with E-state index in [0.717, 1.165) is 0 Å². The summed E-state index contributed by atoms with van der Waals surface area (Å²) in [5.41, 5.74) is 0.796. The molecule has 17 heavy (non-hydrogen) atoms. The minimum absolute atomic E-state index is 0.193. The minimum atomic E-state index is -0.193. The Morgan fingerprint density at radius 2 is 2.24 bits per heavy atom. The number of ether oxygens (including phenoxy) is 1. The molecular formula is C12H11N3O2. The summed E-state index contributed by atoms with van der Waals surface area (Å²) in [4.78, 5) is 23.6. The van der Waals surface area contributed by atoms with Crippen LogP contribution in [0, 0.1) is 0 Å². The minimum Gasteiger partial charge on any atom is -0.492 e. The summed E-state index contributed by atoms with van der Waals surface area (Å²) in [5.74, 6) is 0.383. The van der Waals surface area contributed by atoms with Gasteiger partial charge < -0.3 is 4.74 Å². The van der Waals surface area contributed by atoms with E-state index in [2.05, 4.69) is 15.0 Å². The maximum absolute atomic E-state index is 12.0. The zero-order valence-electron chi connectivity index (χ0n) is 9.33. The Bertz CT molecular complexity index is 514. The first kappa shape index (κ1) is 11.2. The zero-order valence-corrected chi connectivity index (χ0v) is 9.33. The lowest BCUT2D eigenvalue weighted by Crippen LogP contribution is -2.05. The van der Waals surface area contributed by atoms with Crippen molar-refractivity contribution in [2.45, 2.75) is 6.92 Å². The summed E-state index contributed by atoms with van der Waals surface area (Å²) in [5, 5.41) is 0. The van der Waals surface area contributed by atoms with Crippen LogP contribution < -0.4 is 4.74 Å². The first-order valence-corrected chi connectivity index (χ1v) is 5.20. The molecule has 0 aliphatic heterocycles. The third-order valence-electron chi connectivity index (χ3n) is 2.10. The van der Waals surface area contributed by atoms with Gasteiger partial charge in [-0.05, 0) is 19.1 Å². The van der Waals surface area contributed by atoms with Gasteiger partial charge in [-0.1, -0.05) is 0 Å². The predicted octanol–water partition coefficient (Wildman–Crippen LogP) is 1.50. The summed E-state index contributed by atoms with van der Waals surface area (Å²) in [6.07, 6.45) is 5.93. The van der Waals surface area contributed by atoms with E-state index in [4.69, 9.17) is 4.74 Å². The largest absolute Gasteiger partial charge is 0.492 e. The molecule has 0 spiro atoms. The van der Waals surface area contributed by atoms with Crippen molar-refractivity contribution >= 4 is 5.78 Å². The molecule has 0 unspecified atom stereocenters. The topological polar surface area (TPSA) is 65.0 Å². The van der Waals surface area contributed by atoms with Crippen molar-refractivity contribution < 1.29 is 9.53 Å². The quantitative estimate of drug-likeness (QED) is 0.743. The molecular weight excluding hydrogens is 218 g/mol. The maximum Gasteiger partial charge on any atom is 0.213 e. The van der Waals surface area contributed by atoms with Crippen LogP contribution in [0.15, 0.2) is 37.1 Å². The lowest BCUT2D eigenvalue weighted by Gasteiger charge is -2.04. The van der Waals surface area contributed by atoms with Gasteiger partial charge in [-0.3, -0.25) is 9.78 Å². The second-order valence-electron chi connectivity index (χ2n) is 3.27. The molecule has 0 atom stereocenters. The molecule has 5 nitrogen and oxygen atoms in total. The second-order valence-corrected chi connectivity index (χ2v) is 3.27. The van der Waals surface area contributed by atoms with Gasteiger partial charge in [-0.2, -0.15) is 0 Å². The average Bonchev–Trinajstić information content (AvgIpc) is 2.40. The summed E-state index contributed by atoms with van der Waals surface area (Å²) in [6, 6.07) is 3.22. The van der Waals surface area contributed by atoms with E-state index in [1.807, 2.05) is 6.92 Å². The van der Waals surface area contributed by atoms with E-state index >= 15 is 0 Å². The molecule has 0 amide bonds. The van der Waals surface area contributed by atoms with Gasteiger partial charge in [0.05, 0.1) is 12.8 Å². The number of aromatic nitrogens is 3. The van der Waals surface area contributed by atoms with Crippen LogP contribution in [-0.2, 0) is 0 Å². The number of carbonyl (C=O) groups excluding carboxylic acids is 1. The highest BCUT2D eigenvalue weighted by atomic mass is 16.5. The smallest absolute Gasteiger partial charge is 0.213 e. The first-order chi connectivity index (χ1) is 8.31. The highest BCUT2D eigenvalue weighted by Crippen LogP contribution is 2.13. The molecule has 0 bridgehead atoms. The fourth-order valence-corrected chi connectivity index (χ4v) is 1.36. The monoisotopic (exact) mass is 229 g/mol. The molecule has 0 saturated heterocycles. The van der Waals surface area contributed by atoms with Crippen LogP contribution in [0.3, 0.4) is 0 Å². The van der Waals surface area contributed by atoms with Crippen molar-refractivity contribution in [2.75, 3.05) is 6.61 Å². The number of pyridine rings is 1. The van der Waals surface area contributed by atoms with Crippen molar-refractivity contribution in [3.05, 3.63) is 48.3 Å². The van der Waals surface area contributed by atoms with Gasteiger partial charge in [0.25, 0.3) is 0 Å². The number of hydrogen-bond acceptors (Lipinski definition) is 5. The summed E-state index contributed by atoms with van der Waals surface area (Å²) in [7, 11) is 0. The van der Waals surface area contributed by atoms with E-state index in [1.54, 1.807) is 18.3 Å². The Kier molecular flexibility index (Phi) is 3.40. The van der Waals surface area contributed by atoms with Crippen molar-refractivity contribution in [1.29, 1.82) is 0 Å². The molecule has 86 valence electrons. The van der Waals surface area contributed by atoms with Gasteiger partial charge in [0.2, 0.25) is 5.78 Å². The van der Waals surface area contributed by atoms with Gasteiger partial charge in [-0.15, -0.1) is 0 Å². The Morgan fingerprint density at radius 1 is 1.35 bits per heavy atom. The van der Waals surface area contributed by atoms with Gasteiger partial charge in [-0.25, -0.2) is 9.97 Å². The SMILES string of the molecule is CCOc1cncc(C(=O)c2ccncn2)c1. The summed E-state index contributed by atoms with van der Waals surface area (Å²) in [6.45, 7) is 2.41. The molecule has 2 rings (SSSR count). The molecule has 0 saturated carbocycles. The van der Waals surface area contributed by atoms with Gasteiger partial charge >= 0.3 is 0 Å². The van der Waals surface area contributed by atoms with Crippen LogP contribution in [0.1, 0.15) is 23.0 Å². The number of hydrogen-bond donors (Lipinski definition) is 0. The van der Waals surface area contributed by atoms with E-state index in [-0.39, 0.29) is 5.78 Å². The zero-order chi connectivity index (χ0) is 12.1. The van der Waals surface area contributed by atoms with Crippen molar-refractivity contribution in [1.82, 2.24) is 15.0 Å². The Hall–Kier alpha value is -2.30. The van der Waals surface area contributed by atoms with Crippen molar-refractivity contribution in [2.24, 2.45) is 0 Å². The van der Waals surface area contributed by atoms with Gasteiger partial charge in [0.1, 0.15) is 17.8 Å². The highest BCUT2D eigenvalue weighted by molar-refractivity contribution is 6.07. The Morgan fingerprint density at radius 3 is 2.94 bits per heavy atom. The lowest BCUT2D eigenvalue weighted by atomic mass is 10.1. The molecule has 2 heterocycles. The molecule has 0 fully saturated rings. The van der Waals surface area contributed by atoms with E-state index < -0.39 is 0 Å². The Labute approximate surface area is 98.5 Å². The maximum atomic E-state index is 12.0. The molecule has 0 aliphatic rings. The van der Waals surface area contributed by atoms with Gasteiger partial charge in [0, 0.05) is 18.0 Å². The molecule has 0 N–H and O–H groups in total. The predicted molar refractivity (Wildman–Crippen MR) is 60.9 cm³/mol. The van der Waals surface area contributed by atoms with Crippen molar-refractivity contribution in [3.8, 4) is 5.75 Å². The van der Waals surface area contributed by atoms with Crippen LogP contribution in [0.25, 0.3) is 0 Å². The Balaban J connectivity index is 2.28. The van der Waals surface area contributed by atoms with E-state index in [9.17, 15) is 4.79 Å². The number of carbonyl (C=O) groups is 1. The molecule has 2 aromatic heterocycles. The number of rotatable bonds is 4. The van der Waals surface area contributed by atoms with Crippen LogP contribution >= 0.6 is 0 Å². The molecule has 0 aliphatic carbocycles. The molecule has 5 heteroatoms. The highest BCUT2D eigenvalue weighted by Gasteiger charge is 2.11. The van der Waals surface area contributed by atoms with E-state index in [1.165, 1.54) is 18.7 Å². The number of ketones is 1. The molecule has 2 aromatic rings. The normalized spacial score (nSPS) is 9.94. The summed E-state index contributed by atoms with van der Waals surface area (Å²) < 4.78 is 5.29. The third-order valence-corrected chi connectivity index (χ3v) is 2.10. The van der Waals surface area contributed by atoms with E-state index in [0.29, 0.717) is 23.6 Å². The molecule has 0 radical (unpaired) electrons. The van der Waals surface area contributed by atoms with Crippen LogP contribution in [0.4, 0.5) is 0 Å². The number of nitrogens with zero attached hydrogens (tertiary/aromatic N) is 3. The van der Waals surface area contributed by atoms with Gasteiger partial charge in [0.15, 0.2) is 0 Å². The van der Waals surface area contributed by atoms with Crippen LogP contribution in [0.5, 0.6) is 5.75 Å². The standard InChI is InChI=1S/C12H11N3O2/c1-2-17-10-5-9(6-14-7-10)12(16)11-3-4-13-8-15-11/h3-8H,2H2,1H3. The average molecular weight is 229 g/mol. The fraction of sp³-hybridized carbons (Fsp3) is 0.167. The molecule has 0 aromatic carbocycles. The first-order valence-electron chi connectivity index (χ1n) is 5.20. The second kappa shape index (κ2) is 5.16.